The monoisotopic (exact) mass is 379 g/mol. The fourth-order valence-electron chi connectivity index (χ4n) is 3.47. The van der Waals surface area contributed by atoms with Gasteiger partial charge in [-0.15, -0.1) is 0 Å². The predicted molar refractivity (Wildman–Crippen MR) is 96.0 cm³/mol. The smallest absolute Gasteiger partial charge is 0.233 e. The van der Waals surface area contributed by atoms with Crippen molar-refractivity contribution in [3.8, 4) is 0 Å². The number of halogens is 3. The number of rotatable bonds is 4. The van der Waals surface area contributed by atoms with E-state index in [0.29, 0.717) is 26.1 Å². The molecule has 0 aliphatic carbocycles. The van der Waals surface area contributed by atoms with Gasteiger partial charge >= 0.3 is 0 Å². The summed E-state index contributed by atoms with van der Waals surface area (Å²) in [5, 5.41) is 0.285. The van der Waals surface area contributed by atoms with E-state index in [0.717, 1.165) is 5.56 Å². The molecule has 1 heterocycles. The van der Waals surface area contributed by atoms with E-state index in [9.17, 15) is 13.6 Å². The molecule has 1 aliphatic heterocycles. The van der Waals surface area contributed by atoms with Crippen molar-refractivity contribution in [1.82, 2.24) is 4.90 Å². The fourth-order valence-corrected chi connectivity index (χ4v) is 3.70. The van der Waals surface area contributed by atoms with Gasteiger partial charge in [-0.1, -0.05) is 29.8 Å². The number of benzene rings is 2. The normalized spacial score (nSPS) is 16.3. The van der Waals surface area contributed by atoms with Gasteiger partial charge in [0.05, 0.1) is 5.41 Å². The van der Waals surface area contributed by atoms with Gasteiger partial charge in [-0.25, -0.2) is 8.78 Å². The lowest BCUT2D eigenvalue weighted by atomic mass is 9.73. The molecule has 0 aromatic heterocycles. The fraction of sp³-hybridized carbons (Fsp3) is 0.350. The quantitative estimate of drug-likeness (QED) is 0.791. The molecule has 138 valence electrons. The molecule has 0 saturated carbocycles. The van der Waals surface area contributed by atoms with Crippen molar-refractivity contribution in [2.24, 2.45) is 0 Å². The number of hydrogen-bond acceptors (Lipinski definition) is 2. The Hall–Kier alpha value is -1.98. The number of hydrogen-bond donors (Lipinski definition) is 0. The first-order valence-corrected chi connectivity index (χ1v) is 8.84. The van der Waals surface area contributed by atoms with Crippen molar-refractivity contribution < 1.29 is 18.3 Å². The minimum absolute atomic E-state index is 0.0636. The van der Waals surface area contributed by atoms with Gasteiger partial charge in [0.15, 0.2) is 0 Å². The Labute approximate surface area is 156 Å². The van der Waals surface area contributed by atoms with Crippen LogP contribution in [-0.2, 0) is 21.5 Å². The molecule has 3 rings (SSSR count). The number of carbonyl (C=O) groups excluding carboxylic acids is 1. The summed E-state index contributed by atoms with van der Waals surface area (Å²) in [7, 11) is 1.63. The molecule has 1 amide bonds. The molecule has 1 aliphatic rings. The standard InChI is InChI=1S/C20H20ClF2NO2/c1-24(13-16-17(21)3-2-4-18(16)23)19(25)20(9-11-26-12-10-20)14-5-7-15(22)8-6-14/h2-8H,9-13H2,1H3. The van der Waals surface area contributed by atoms with Gasteiger partial charge in [0, 0.05) is 37.4 Å². The van der Waals surface area contributed by atoms with Crippen molar-refractivity contribution in [2.45, 2.75) is 24.8 Å². The van der Waals surface area contributed by atoms with E-state index < -0.39 is 11.2 Å². The maximum atomic E-state index is 14.1. The van der Waals surface area contributed by atoms with Crippen LogP contribution in [0.15, 0.2) is 42.5 Å². The molecule has 26 heavy (non-hydrogen) atoms. The topological polar surface area (TPSA) is 29.5 Å². The summed E-state index contributed by atoms with van der Waals surface area (Å²) in [6, 6.07) is 10.4. The highest BCUT2D eigenvalue weighted by atomic mass is 35.5. The summed E-state index contributed by atoms with van der Waals surface area (Å²) >= 11 is 6.09. The Bertz CT molecular complexity index is 769. The molecule has 6 heteroatoms. The highest BCUT2D eigenvalue weighted by Crippen LogP contribution is 2.37. The molecule has 2 aromatic carbocycles. The van der Waals surface area contributed by atoms with E-state index in [1.54, 1.807) is 25.2 Å². The minimum Gasteiger partial charge on any atom is -0.381 e. The molecule has 0 atom stereocenters. The van der Waals surface area contributed by atoms with Crippen molar-refractivity contribution >= 4 is 17.5 Å². The van der Waals surface area contributed by atoms with Gasteiger partial charge in [0.1, 0.15) is 11.6 Å². The van der Waals surface area contributed by atoms with Gasteiger partial charge in [-0.3, -0.25) is 4.79 Å². The van der Waals surface area contributed by atoms with Crippen LogP contribution in [0.2, 0.25) is 5.02 Å². The lowest BCUT2D eigenvalue weighted by molar-refractivity contribution is -0.140. The van der Waals surface area contributed by atoms with E-state index in [2.05, 4.69) is 0 Å². The van der Waals surface area contributed by atoms with Crippen LogP contribution >= 0.6 is 11.6 Å². The molecular formula is C20H20ClF2NO2. The van der Waals surface area contributed by atoms with E-state index in [1.165, 1.54) is 29.2 Å². The average Bonchev–Trinajstić information content (AvgIpc) is 2.65. The number of likely N-dealkylation sites (N-methyl/N-ethyl adjacent to an activating group) is 1. The minimum atomic E-state index is -0.807. The van der Waals surface area contributed by atoms with Crippen LogP contribution in [-0.4, -0.2) is 31.1 Å². The summed E-state index contributed by atoms with van der Waals surface area (Å²) in [5.41, 5.74) is 0.225. The molecule has 0 bridgehead atoms. The van der Waals surface area contributed by atoms with Gasteiger partial charge in [0.25, 0.3) is 0 Å². The van der Waals surface area contributed by atoms with Crippen LogP contribution in [0.5, 0.6) is 0 Å². The lowest BCUT2D eigenvalue weighted by Gasteiger charge is -2.39. The molecule has 0 spiro atoms. The Balaban J connectivity index is 1.91. The first-order chi connectivity index (χ1) is 12.4. The summed E-state index contributed by atoms with van der Waals surface area (Å²) in [5.74, 6) is -0.943. The molecule has 0 N–H and O–H groups in total. The molecule has 1 fully saturated rings. The predicted octanol–water partition coefficient (Wildman–Crippen LogP) is 4.33. The van der Waals surface area contributed by atoms with Gasteiger partial charge < -0.3 is 9.64 Å². The van der Waals surface area contributed by atoms with E-state index in [1.807, 2.05) is 0 Å². The van der Waals surface area contributed by atoms with Crippen LogP contribution in [0.4, 0.5) is 8.78 Å². The highest BCUT2D eigenvalue weighted by molar-refractivity contribution is 6.31. The number of ether oxygens (including phenoxy) is 1. The zero-order valence-electron chi connectivity index (χ0n) is 14.5. The summed E-state index contributed by atoms with van der Waals surface area (Å²) in [6.45, 7) is 0.947. The van der Waals surface area contributed by atoms with Gasteiger partial charge in [-0.2, -0.15) is 0 Å². The second-order valence-corrected chi connectivity index (χ2v) is 6.97. The maximum Gasteiger partial charge on any atom is 0.233 e. The van der Waals surface area contributed by atoms with Crippen molar-refractivity contribution in [2.75, 3.05) is 20.3 Å². The van der Waals surface area contributed by atoms with Crippen LogP contribution in [0, 0.1) is 11.6 Å². The van der Waals surface area contributed by atoms with E-state index in [-0.39, 0.29) is 28.9 Å². The SMILES string of the molecule is CN(Cc1c(F)cccc1Cl)C(=O)C1(c2ccc(F)cc2)CCOCC1. The third kappa shape index (κ3) is 3.60. The second kappa shape index (κ2) is 7.72. The number of nitrogens with zero attached hydrogens (tertiary/aromatic N) is 1. The molecule has 3 nitrogen and oxygen atoms in total. The second-order valence-electron chi connectivity index (χ2n) is 6.56. The highest BCUT2D eigenvalue weighted by Gasteiger charge is 2.43. The third-order valence-corrected chi connectivity index (χ3v) is 5.31. The summed E-state index contributed by atoms with van der Waals surface area (Å²) in [4.78, 5) is 14.8. The number of carbonyl (C=O) groups is 1. The Kier molecular flexibility index (Phi) is 5.58. The maximum absolute atomic E-state index is 14.1. The van der Waals surface area contributed by atoms with Crippen molar-refractivity contribution in [3.05, 3.63) is 70.2 Å². The van der Waals surface area contributed by atoms with Crippen LogP contribution in [0.1, 0.15) is 24.0 Å². The molecule has 0 radical (unpaired) electrons. The zero-order chi connectivity index (χ0) is 18.7. The Morgan fingerprint density at radius 2 is 1.81 bits per heavy atom. The number of amides is 1. The van der Waals surface area contributed by atoms with Gasteiger partial charge in [0.2, 0.25) is 5.91 Å². The van der Waals surface area contributed by atoms with Crippen molar-refractivity contribution in [3.63, 3.8) is 0 Å². The van der Waals surface area contributed by atoms with Crippen LogP contribution in [0.3, 0.4) is 0 Å². The lowest BCUT2D eigenvalue weighted by Crippen LogP contribution is -2.48. The Morgan fingerprint density at radius 3 is 2.42 bits per heavy atom. The average molecular weight is 380 g/mol. The van der Waals surface area contributed by atoms with Crippen LogP contribution < -0.4 is 0 Å². The molecular weight excluding hydrogens is 360 g/mol. The zero-order valence-corrected chi connectivity index (χ0v) is 15.2. The van der Waals surface area contributed by atoms with E-state index >= 15 is 0 Å². The van der Waals surface area contributed by atoms with Crippen molar-refractivity contribution in [1.29, 1.82) is 0 Å². The Morgan fingerprint density at radius 1 is 1.15 bits per heavy atom. The van der Waals surface area contributed by atoms with E-state index in [4.69, 9.17) is 16.3 Å². The van der Waals surface area contributed by atoms with Crippen LogP contribution in [0.25, 0.3) is 0 Å². The molecule has 0 unspecified atom stereocenters. The molecule has 1 saturated heterocycles. The largest absolute Gasteiger partial charge is 0.381 e. The first-order valence-electron chi connectivity index (χ1n) is 8.46. The summed E-state index contributed by atoms with van der Waals surface area (Å²) in [6.07, 6.45) is 0.986. The molecule has 2 aromatic rings. The van der Waals surface area contributed by atoms with Gasteiger partial charge in [-0.05, 0) is 42.7 Å². The third-order valence-electron chi connectivity index (χ3n) is 4.96. The summed E-state index contributed by atoms with van der Waals surface area (Å²) < 4.78 is 32.9. The first kappa shape index (κ1) is 18.8.